The third kappa shape index (κ3) is 3.94. The number of halogens is 2. The van der Waals surface area contributed by atoms with Crippen molar-refractivity contribution in [3.8, 4) is 0 Å². The molecule has 0 spiro atoms. The highest BCUT2D eigenvalue weighted by molar-refractivity contribution is 6.31. The summed E-state index contributed by atoms with van der Waals surface area (Å²) in [5, 5.41) is 13.7. The number of hydrogen-bond donors (Lipinski definition) is 1. The average Bonchev–Trinajstić information content (AvgIpc) is 2.99. The van der Waals surface area contributed by atoms with Crippen molar-refractivity contribution < 1.29 is 9.50 Å². The van der Waals surface area contributed by atoms with E-state index in [-0.39, 0.29) is 5.82 Å². The molecular weight excluding hydrogens is 387 g/mol. The predicted octanol–water partition coefficient (Wildman–Crippen LogP) is 5.50. The van der Waals surface area contributed by atoms with E-state index < -0.39 is 5.60 Å². The zero-order valence-electron chi connectivity index (χ0n) is 17.1. The van der Waals surface area contributed by atoms with Crippen LogP contribution >= 0.6 is 11.6 Å². The van der Waals surface area contributed by atoms with Gasteiger partial charge in [0, 0.05) is 34.7 Å². The summed E-state index contributed by atoms with van der Waals surface area (Å²) in [7, 11) is 2.13. The van der Waals surface area contributed by atoms with Crippen molar-refractivity contribution in [3.63, 3.8) is 0 Å². The van der Waals surface area contributed by atoms with Crippen LogP contribution in [0, 0.1) is 5.82 Å². The molecule has 0 amide bonds. The molecule has 0 aliphatic carbocycles. The van der Waals surface area contributed by atoms with Gasteiger partial charge in [0.15, 0.2) is 0 Å². The number of aliphatic hydroxyl groups is 1. The second-order valence-corrected chi connectivity index (χ2v) is 8.74. The van der Waals surface area contributed by atoms with E-state index in [1.807, 2.05) is 12.1 Å². The lowest BCUT2D eigenvalue weighted by Gasteiger charge is -2.32. The maximum atomic E-state index is 13.5. The van der Waals surface area contributed by atoms with Crippen molar-refractivity contribution >= 4 is 22.5 Å². The van der Waals surface area contributed by atoms with Gasteiger partial charge in [-0.3, -0.25) is 0 Å². The number of nitrogens with zero attached hydrogens (tertiary/aromatic N) is 2. The summed E-state index contributed by atoms with van der Waals surface area (Å²) >= 11 is 6.31. The molecule has 1 aliphatic heterocycles. The molecule has 3 aromatic rings. The molecule has 1 N–H and O–H groups in total. The number of rotatable bonds is 6. The van der Waals surface area contributed by atoms with E-state index in [0.717, 1.165) is 48.5 Å². The molecule has 2 heterocycles. The van der Waals surface area contributed by atoms with Crippen LogP contribution in [-0.2, 0) is 25.1 Å². The molecule has 4 rings (SSSR count). The Kier molecular flexibility index (Phi) is 5.69. The largest absolute Gasteiger partial charge is 0.383 e. The molecule has 3 nitrogen and oxygen atoms in total. The SMILES string of the molecule is CCCCC(O)(Cn1c2c(c3cc(Cl)ccc31)CCN(C)C2)c1ccc(F)cc1. The lowest BCUT2D eigenvalue weighted by Crippen LogP contribution is -2.34. The first-order valence-corrected chi connectivity index (χ1v) is 10.8. The summed E-state index contributed by atoms with van der Waals surface area (Å²) < 4.78 is 15.8. The van der Waals surface area contributed by atoms with Crippen molar-refractivity contribution in [3.05, 3.63) is 70.1 Å². The van der Waals surface area contributed by atoms with E-state index in [1.165, 1.54) is 28.8 Å². The number of hydrogen-bond acceptors (Lipinski definition) is 2. The van der Waals surface area contributed by atoms with Crippen LogP contribution in [0.5, 0.6) is 0 Å². The molecule has 154 valence electrons. The fourth-order valence-electron chi connectivity index (χ4n) is 4.53. The highest BCUT2D eigenvalue weighted by atomic mass is 35.5. The van der Waals surface area contributed by atoms with Crippen molar-refractivity contribution in [2.24, 2.45) is 0 Å². The molecular formula is C24H28ClFN2O. The molecule has 29 heavy (non-hydrogen) atoms. The first-order valence-electron chi connectivity index (χ1n) is 10.4. The van der Waals surface area contributed by atoms with Crippen LogP contribution in [0.2, 0.25) is 5.02 Å². The van der Waals surface area contributed by atoms with Crippen LogP contribution in [0.4, 0.5) is 4.39 Å². The Morgan fingerprint density at radius 1 is 1.17 bits per heavy atom. The van der Waals surface area contributed by atoms with Gasteiger partial charge in [0.1, 0.15) is 11.4 Å². The van der Waals surface area contributed by atoms with E-state index >= 15 is 0 Å². The highest BCUT2D eigenvalue weighted by Crippen LogP contribution is 2.37. The van der Waals surface area contributed by atoms with Crippen LogP contribution < -0.4 is 0 Å². The van der Waals surface area contributed by atoms with Gasteiger partial charge in [0.05, 0.1) is 6.54 Å². The lowest BCUT2D eigenvalue weighted by atomic mass is 9.88. The molecule has 1 atom stereocenters. The third-order valence-corrected chi connectivity index (χ3v) is 6.39. The Bertz CT molecular complexity index is 1010. The summed E-state index contributed by atoms with van der Waals surface area (Å²) in [4.78, 5) is 2.31. The van der Waals surface area contributed by atoms with Gasteiger partial charge in [-0.15, -0.1) is 0 Å². The van der Waals surface area contributed by atoms with E-state index in [2.05, 4.69) is 29.5 Å². The summed E-state index contributed by atoms with van der Waals surface area (Å²) in [6, 6.07) is 12.3. The van der Waals surface area contributed by atoms with Gasteiger partial charge in [0.2, 0.25) is 0 Å². The molecule has 0 radical (unpaired) electrons. The molecule has 1 aromatic heterocycles. The van der Waals surface area contributed by atoms with Crippen molar-refractivity contribution in [2.75, 3.05) is 13.6 Å². The summed E-state index contributed by atoms with van der Waals surface area (Å²) in [5.74, 6) is -0.286. The first-order chi connectivity index (χ1) is 13.9. The second-order valence-electron chi connectivity index (χ2n) is 8.30. The van der Waals surface area contributed by atoms with Gasteiger partial charge >= 0.3 is 0 Å². The van der Waals surface area contributed by atoms with Crippen molar-refractivity contribution in [1.82, 2.24) is 9.47 Å². The molecule has 0 fully saturated rings. The highest BCUT2D eigenvalue weighted by Gasteiger charge is 2.32. The monoisotopic (exact) mass is 414 g/mol. The average molecular weight is 415 g/mol. The molecule has 1 unspecified atom stereocenters. The number of likely N-dealkylation sites (N-methyl/N-ethyl adjacent to an activating group) is 1. The number of aromatic nitrogens is 1. The fourth-order valence-corrected chi connectivity index (χ4v) is 4.70. The van der Waals surface area contributed by atoms with Crippen LogP contribution in [0.25, 0.3) is 10.9 Å². The predicted molar refractivity (Wildman–Crippen MR) is 117 cm³/mol. The molecule has 0 saturated carbocycles. The Labute approximate surface area is 176 Å². The van der Waals surface area contributed by atoms with Crippen LogP contribution in [0.1, 0.15) is 43.0 Å². The summed E-state index contributed by atoms with van der Waals surface area (Å²) in [6.45, 7) is 4.42. The molecule has 0 bridgehead atoms. The first kappa shape index (κ1) is 20.4. The van der Waals surface area contributed by atoms with Gasteiger partial charge in [-0.25, -0.2) is 4.39 Å². The minimum atomic E-state index is -1.06. The quantitative estimate of drug-likeness (QED) is 0.576. The number of unbranched alkanes of at least 4 members (excludes halogenated alkanes) is 1. The number of fused-ring (bicyclic) bond motifs is 3. The smallest absolute Gasteiger partial charge is 0.123 e. The van der Waals surface area contributed by atoms with Crippen molar-refractivity contribution in [1.29, 1.82) is 0 Å². The number of benzene rings is 2. The lowest BCUT2D eigenvalue weighted by molar-refractivity contribution is 0.00740. The van der Waals surface area contributed by atoms with E-state index in [4.69, 9.17) is 11.6 Å². The fraction of sp³-hybridized carbons (Fsp3) is 0.417. The summed E-state index contributed by atoms with van der Waals surface area (Å²) in [6.07, 6.45) is 3.50. The van der Waals surface area contributed by atoms with Crippen molar-refractivity contribution in [2.45, 2.75) is 51.3 Å². The third-order valence-electron chi connectivity index (χ3n) is 6.16. The van der Waals surface area contributed by atoms with Crippen LogP contribution in [-0.4, -0.2) is 28.2 Å². The Balaban J connectivity index is 1.84. The second kappa shape index (κ2) is 8.10. The van der Waals surface area contributed by atoms with Crippen LogP contribution in [0.3, 0.4) is 0 Å². The van der Waals surface area contributed by atoms with Gasteiger partial charge in [-0.1, -0.05) is 43.5 Å². The van der Waals surface area contributed by atoms with E-state index in [0.29, 0.717) is 13.0 Å². The molecule has 0 saturated heterocycles. The Morgan fingerprint density at radius 2 is 1.93 bits per heavy atom. The zero-order chi connectivity index (χ0) is 20.6. The standard InChI is InChI=1S/C24H28ClFN2O/c1-3-4-12-24(29,17-5-8-19(26)9-6-17)16-28-22-10-7-18(25)14-21(22)20-11-13-27(2)15-23(20)28/h5-10,14,29H,3-4,11-13,15-16H2,1-2H3. The zero-order valence-corrected chi connectivity index (χ0v) is 17.8. The molecule has 1 aliphatic rings. The van der Waals surface area contributed by atoms with Crippen LogP contribution in [0.15, 0.2) is 42.5 Å². The van der Waals surface area contributed by atoms with E-state index in [9.17, 15) is 9.50 Å². The normalized spacial score (nSPS) is 16.7. The minimum absolute atomic E-state index is 0.286. The Morgan fingerprint density at radius 3 is 2.66 bits per heavy atom. The summed E-state index contributed by atoms with van der Waals surface area (Å²) in [5.41, 5.74) is 3.39. The Hall–Kier alpha value is -1.88. The van der Waals surface area contributed by atoms with Gasteiger partial charge in [-0.05, 0) is 61.3 Å². The topological polar surface area (TPSA) is 28.4 Å². The van der Waals surface area contributed by atoms with Gasteiger partial charge in [-0.2, -0.15) is 0 Å². The molecule has 5 heteroatoms. The minimum Gasteiger partial charge on any atom is -0.383 e. The van der Waals surface area contributed by atoms with Gasteiger partial charge in [0.25, 0.3) is 0 Å². The molecule has 2 aromatic carbocycles. The van der Waals surface area contributed by atoms with Gasteiger partial charge < -0.3 is 14.6 Å². The van der Waals surface area contributed by atoms with E-state index in [1.54, 1.807) is 12.1 Å². The maximum Gasteiger partial charge on any atom is 0.123 e. The maximum absolute atomic E-state index is 13.5.